The lowest BCUT2D eigenvalue weighted by Gasteiger charge is -2.20. The van der Waals surface area contributed by atoms with Crippen LogP contribution in [-0.4, -0.2) is 47.4 Å². The number of nitrogens with one attached hydrogen (secondary N) is 1. The summed E-state index contributed by atoms with van der Waals surface area (Å²) in [7, 11) is 0. The monoisotopic (exact) mass is 1260 g/mol. The third-order valence-corrected chi connectivity index (χ3v) is 19.4. The predicted octanol–water partition coefficient (Wildman–Crippen LogP) is 27.4. The SMILES string of the molecule is CCCCCCCCCCCCCCCCCCCCCCCC/C=C/C(O)C(CO)NC(=O)CCCCCCCCCCCCCCCCCCC/C=C\C/C=C\CCCCCCCCCCCCCCCOC(=O)CCCCCCCCCCCCCC. The molecule has 0 spiro atoms. The van der Waals surface area contributed by atoms with E-state index in [0.29, 0.717) is 19.4 Å². The number of amides is 1. The molecule has 0 aliphatic carbocycles. The Hall–Kier alpha value is -1.92. The number of aliphatic hydroxyl groups excluding tert-OH is 2. The van der Waals surface area contributed by atoms with Gasteiger partial charge in [0.15, 0.2) is 0 Å². The fraction of sp³-hybridized carbons (Fsp3) is 0.905. The van der Waals surface area contributed by atoms with Gasteiger partial charge in [-0.25, -0.2) is 0 Å². The van der Waals surface area contributed by atoms with Crippen LogP contribution in [0.25, 0.3) is 0 Å². The molecule has 1 amide bonds. The zero-order valence-electron chi connectivity index (χ0n) is 61.1. The molecule has 0 fully saturated rings. The van der Waals surface area contributed by atoms with E-state index in [1.807, 2.05) is 6.08 Å². The van der Waals surface area contributed by atoms with Crippen LogP contribution in [0.15, 0.2) is 36.5 Å². The fourth-order valence-corrected chi connectivity index (χ4v) is 13.1. The van der Waals surface area contributed by atoms with Gasteiger partial charge < -0.3 is 20.3 Å². The van der Waals surface area contributed by atoms with Gasteiger partial charge in [0, 0.05) is 12.8 Å². The zero-order valence-corrected chi connectivity index (χ0v) is 61.1. The van der Waals surface area contributed by atoms with Crippen molar-refractivity contribution in [3.63, 3.8) is 0 Å². The molecule has 90 heavy (non-hydrogen) atoms. The molecule has 2 atom stereocenters. The molecule has 2 unspecified atom stereocenters. The third kappa shape index (κ3) is 75.1. The molecule has 3 N–H and O–H groups in total. The van der Waals surface area contributed by atoms with E-state index in [2.05, 4.69) is 43.5 Å². The van der Waals surface area contributed by atoms with E-state index in [-0.39, 0.29) is 18.5 Å². The Morgan fingerprint density at radius 1 is 0.311 bits per heavy atom. The topological polar surface area (TPSA) is 95.9 Å². The van der Waals surface area contributed by atoms with E-state index >= 15 is 0 Å². The maximum Gasteiger partial charge on any atom is 0.305 e. The first-order valence-corrected chi connectivity index (χ1v) is 41.3. The van der Waals surface area contributed by atoms with E-state index in [0.717, 1.165) is 44.9 Å². The van der Waals surface area contributed by atoms with Gasteiger partial charge in [0.2, 0.25) is 5.91 Å². The van der Waals surface area contributed by atoms with Crippen molar-refractivity contribution in [2.75, 3.05) is 13.2 Å². The highest BCUT2D eigenvalue weighted by Crippen LogP contribution is 2.20. The van der Waals surface area contributed by atoms with Crippen molar-refractivity contribution in [3.05, 3.63) is 36.5 Å². The number of allylic oxidation sites excluding steroid dienone is 5. The average Bonchev–Trinajstić information content (AvgIpc) is 3.62. The summed E-state index contributed by atoms with van der Waals surface area (Å²) >= 11 is 0. The van der Waals surface area contributed by atoms with Crippen molar-refractivity contribution >= 4 is 11.9 Å². The molecule has 0 heterocycles. The number of carbonyl (C=O) groups excluding carboxylic acids is 2. The number of hydrogen-bond donors (Lipinski definition) is 3. The van der Waals surface area contributed by atoms with Gasteiger partial charge in [0.05, 0.1) is 25.4 Å². The minimum atomic E-state index is -0.844. The highest BCUT2D eigenvalue weighted by Gasteiger charge is 2.18. The molecule has 0 saturated heterocycles. The Balaban J connectivity index is 3.39. The molecular weight excluding hydrogens is 1100 g/mol. The van der Waals surface area contributed by atoms with Crippen LogP contribution in [0.3, 0.4) is 0 Å². The van der Waals surface area contributed by atoms with E-state index in [4.69, 9.17) is 4.74 Å². The van der Waals surface area contributed by atoms with E-state index in [1.54, 1.807) is 6.08 Å². The lowest BCUT2D eigenvalue weighted by Crippen LogP contribution is -2.45. The van der Waals surface area contributed by atoms with E-state index in [9.17, 15) is 19.8 Å². The molecule has 0 radical (unpaired) electrons. The minimum Gasteiger partial charge on any atom is -0.466 e. The highest BCUT2D eigenvalue weighted by molar-refractivity contribution is 5.76. The van der Waals surface area contributed by atoms with Gasteiger partial charge in [-0.15, -0.1) is 0 Å². The first-order chi connectivity index (χ1) is 44.5. The number of ether oxygens (including phenoxy) is 1. The summed E-state index contributed by atoms with van der Waals surface area (Å²) in [5.41, 5.74) is 0. The Labute approximate surface area is 564 Å². The van der Waals surface area contributed by atoms with Gasteiger partial charge in [-0.3, -0.25) is 9.59 Å². The van der Waals surface area contributed by atoms with Crippen LogP contribution in [0.4, 0.5) is 0 Å². The molecule has 532 valence electrons. The van der Waals surface area contributed by atoms with E-state index in [1.165, 1.54) is 392 Å². The molecule has 0 aromatic carbocycles. The number of hydrogen-bond acceptors (Lipinski definition) is 5. The lowest BCUT2D eigenvalue weighted by molar-refractivity contribution is -0.143. The maximum absolute atomic E-state index is 12.6. The second-order valence-electron chi connectivity index (χ2n) is 28.5. The second-order valence-corrected chi connectivity index (χ2v) is 28.5. The zero-order chi connectivity index (χ0) is 64.9. The average molecular weight is 1270 g/mol. The van der Waals surface area contributed by atoms with Crippen molar-refractivity contribution < 1.29 is 24.5 Å². The number of esters is 1. The number of carbonyl (C=O) groups is 2. The standard InChI is InChI=1S/C84H161NO5/c1-3-5-7-9-11-13-15-17-18-19-20-21-22-38-41-44-47-50-53-56-60-64-68-72-76-82(87)81(80-86)85-83(88)77-73-69-65-61-57-54-51-48-45-42-39-36-34-32-30-28-26-24-23-25-27-29-31-33-35-37-40-43-46-49-52-55-59-63-67-71-75-79-90-84(89)78-74-70-66-62-58-16-14-12-10-8-6-4-2/h23,25,29,31,72,76,81-82,86-87H,3-22,24,26-28,30,32-71,73-75,77-80H2,1-2H3,(H,85,88)/b25-23-,31-29-,76-72+. The quantitative estimate of drug-likeness (QED) is 0.0320. The van der Waals surface area contributed by atoms with Crippen LogP contribution in [-0.2, 0) is 14.3 Å². The van der Waals surface area contributed by atoms with Crippen LogP contribution < -0.4 is 5.32 Å². The van der Waals surface area contributed by atoms with Gasteiger partial charge in [-0.2, -0.15) is 0 Å². The van der Waals surface area contributed by atoms with E-state index < -0.39 is 12.1 Å². The first kappa shape index (κ1) is 88.1. The smallest absolute Gasteiger partial charge is 0.305 e. The molecule has 0 saturated carbocycles. The first-order valence-electron chi connectivity index (χ1n) is 41.3. The molecule has 0 rings (SSSR count). The fourth-order valence-electron chi connectivity index (χ4n) is 13.1. The molecule has 0 aromatic heterocycles. The summed E-state index contributed by atoms with van der Waals surface area (Å²) < 4.78 is 5.49. The van der Waals surface area contributed by atoms with Gasteiger partial charge in [0.1, 0.15) is 0 Å². The molecule has 0 bridgehead atoms. The van der Waals surface area contributed by atoms with Crippen LogP contribution >= 0.6 is 0 Å². The van der Waals surface area contributed by atoms with Crippen molar-refractivity contribution in [1.29, 1.82) is 0 Å². The van der Waals surface area contributed by atoms with Crippen LogP contribution in [0.5, 0.6) is 0 Å². The second kappa shape index (κ2) is 79.5. The normalized spacial score (nSPS) is 12.6. The number of rotatable bonds is 78. The van der Waals surface area contributed by atoms with Crippen LogP contribution in [0.2, 0.25) is 0 Å². The third-order valence-electron chi connectivity index (χ3n) is 19.4. The summed E-state index contributed by atoms with van der Waals surface area (Å²) in [5, 5.41) is 23.3. The molecule has 0 aliphatic rings. The van der Waals surface area contributed by atoms with Crippen molar-refractivity contribution in [1.82, 2.24) is 5.32 Å². The molecular formula is C84H161NO5. The van der Waals surface area contributed by atoms with Crippen LogP contribution in [0.1, 0.15) is 463 Å². The maximum atomic E-state index is 12.6. The Bertz CT molecular complexity index is 1460. The number of aliphatic hydroxyl groups is 2. The minimum absolute atomic E-state index is 0.0200. The van der Waals surface area contributed by atoms with Crippen LogP contribution in [0, 0.1) is 0 Å². The lowest BCUT2D eigenvalue weighted by atomic mass is 10.0. The summed E-state index contributed by atoms with van der Waals surface area (Å²) in [6, 6.07) is -0.627. The van der Waals surface area contributed by atoms with Gasteiger partial charge in [-0.05, 0) is 64.2 Å². The van der Waals surface area contributed by atoms with Crippen molar-refractivity contribution in [2.45, 2.75) is 475 Å². The largest absolute Gasteiger partial charge is 0.466 e. The summed E-state index contributed by atoms with van der Waals surface area (Å²) in [6.07, 6.45) is 104. The summed E-state index contributed by atoms with van der Waals surface area (Å²) in [4.78, 5) is 24.6. The van der Waals surface area contributed by atoms with Crippen molar-refractivity contribution in [2.24, 2.45) is 0 Å². The Morgan fingerprint density at radius 2 is 0.556 bits per heavy atom. The van der Waals surface area contributed by atoms with Gasteiger partial charge in [0.25, 0.3) is 0 Å². The highest BCUT2D eigenvalue weighted by atomic mass is 16.5. The molecule has 6 heteroatoms. The molecule has 0 aromatic rings. The number of unbranched alkanes of at least 4 members (excludes halogenated alkanes) is 63. The van der Waals surface area contributed by atoms with Crippen molar-refractivity contribution in [3.8, 4) is 0 Å². The van der Waals surface area contributed by atoms with Gasteiger partial charge >= 0.3 is 5.97 Å². The molecule has 0 aliphatic heterocycles. The Morgan fingerprint density at radius 3 is 0.844 bits per heavy atom. The summed E-state index contributed by atoms with van der Waals surface area (Å²) in [6.45, 7) is 4.95. The predicted molar refractivity (Wildman–Crippen MR) is 398 cm³/mol. The van der Waals surface area contributed by atoms with Gasteiger partial charge in [-0.1, -0.05) is 423 Å². The Kier molecular flexibility index (Phi) is 77.8. The molecule has 6 nitrogen and oxygen atoms in total. The summed E-state index contributed by atoms with van der Waals surface area (Å²) in [5.74, 6) is -0.0400.